The predicted octanol–water partition coefficient (Wildman–Crippen LogP) is 2.73. The van der Waals surface area contributed by atoms with Crippen LogP contribution in [0.1, 0.15) is 51.2 Å². The third-order valence-corrected chi connectivity index (χ3v) is 5.76. The van der Waals surface area contributed by atoms with Crippen LogP contribution in [0.5, 0.6) is 0 Å². The first-order valence-corrected chi connectivity index (χ1v) is 8.56. The molecule has 0 saturated carbocycles. The average Bonchev–Trinajstić information content (AvgIpc) is 2.45. The number of aryl methyl sites for hydroxylation is 1. The molecule has 0 spiro atoms. The monoisotopic (exact) mass is 299 g/mol. The summed E-state index contributed by atoms with van der Waals surface area (Å²) >= 11 is 0. The van der Waals surface area contributed by atoms with E-state index in [9.17, 15) is 13.5 Å². The Morgan fingerprint density at radius 1 is 1.15 bits per heavy atom. The fraction of sp³-hybridized carbons (Fsp3) is 0.600. The summed E-state index contributed by atoms with van der Waals surface area (Å²) in [5.41, 5.74) is 1.13. The SMILES string of the molecule is CCC(CC)(CC)NS(=O)(=O)c1ccc(C)c(CO)c1. The van der Waals surface area contributed by atoms with Gasteiger partial charge in [-0.15, -0.1) is 0 Å². The zero-order valence-electron chi connectivity index (χ0n) is 12.7. The number of hydrogen-bond donors (Lipinski definition) is 2. The van der Waals surface area contributed by atoms with E-state index >= 15 is 0 Å². The van der Waals surface area contributed by atoms with Crippen LogP contribution in [-0.2, 0) is 16.6 Å². The third kappa shape index (κ3) is 3.59. The van der Waals surface area contributed by atoms with E-state index in [2.05, 4.69) is 4.72 Å². The Balaban J connectivity index is 3.17. The van der Waals surface area contributed by atoms with E-state index < -0.39 is 15.6 Å². The van der Waals surface area contributed by atoms with Crippen molar-refractivity contribution in [1.82, 2.24) is 4.72 Å². The van der Waals surface area contributed by atoms with Crippen LogP contribution in [0.2, 0.25) is 0 Å². The number of aliphatic hydroxyl groups is 1. The average molecular weight is 299 g/mol. The topological polar surface area (TPSA) is 66.4 Å². The Morgan fingerprint density at radius 3 is 2.15 bits per heavy atom. The minimum absolute atomic E-state index is 0.157. The van der Waals surface area contributed by atoms with Gasteiger partial charge in [0.1, 0.15) is 0 Å². The molecular weight excluding hydrogens is 274 g/mol. The number of aliphatic hydroxyl groups excluding tert-OH is 1. The van der Waals surface area contributed by atoms with Gasteiger partial charge in [-0.3, -0.25) is 0 Å². The molecule has 0 bridgehead atoms. The van der Waals surface area contributed by atoms with E-state index in [4.69, 9.17) is 0 Å². The summed E-state index contributed by atoms with van der Waals surface area (Å²) in [4.78, 5) is 0.215. The van der Waals surface area contributed by atoms with E-state index in [1.807, 2.05) is 27.7 Å². The fourth-order valence-corrected chi connectivity index (χ4v) is 3.96. The predicted molar refractivity (Wildman–Crippen MR) is 81.0 cm³/mol. The van der Waals surface area contributed by atoms with Crippen molar-refractivity contribution in [2.75, 3.05) is 0 Å². The van der Waals surface area contributed by atoms with Crippen LogP contribution >= 0.6 is 0 Å². The van der Waals surface area contributed by atoms with Gasteiger partial charge in [0.25, 0.3) is 0 Å². The lowest BCUT2D eigenvalue weighted by Crippen LogP contribution is -2.46. The van der Waals surface area contributed by atoms with Gasteiger partial charge < -0.3 is 5.11 Å². The molecule has 0 aliphatic rings. The summed E-state index contributed by atoms with van der Waals surface area (Å²) in [7, 11) is -3.56. The van der Waals surface area contributed by atoms with Gasteiger partial charge in [0.15, 0.2) is 0 Å². The first-order chi connectivity index (χ1) is 9.34. The van der Waals surface area contributed by atoms with Crippen molar-refractivity contribution in [3.63, 3.8) is 0 Å². The van der Waals surface area contributed by atoms with Gasteiger partial charge in [-0.05, 0) is 49.4 Å². The van der Waals surface area contributed by atoms with Gasteiger partial charge >= 0.3 is 0 Å². The summed E-state index contributed by atoms with van der Waals surface area (Å²) in [6.07, 6.45) is 2.24. The van der Waals surface area contributed by atoms with E-state index in [1.165, 1.54) is 0 Å². The highest BCUT2D eigenvalue weighted by Gasteiger charge is 2.30. The maximum absolute atomic E-state index is 12.5. The summed E-state index contributed by atoms with van der Waals surface area (Å²) in [5, 5.41) is 9.26. The van der Waals surface area contributed by atoms with Gasteiger partial charge in [0, 0.05) is 5.54 Å². The maximum Gasteiger partial charge on any atom is 0.241 e. The minimum Gasteiger partial charge on any atom is -0.392 e. The molecule has 0 unspecified atom stereocenters. The molecule has 0 aliphatic carbocycles. The minimum atomic E-state index is -3.56. The fourth-order valence-electron chi connectivity index (χ4n) is 2.30. The molecule has 0 amide bonds. The van der Waals surface area contributed by atoms with Crippen molar-refractivity contribution in [2.24, 2.45) is 0 Å². The third-order valence-electron chi connectivity index (χ3n) is 4.18. The second kappa shape index (κ2) is 6.70. The van der Waals surface area contributed by atoms with Crippen LogP contribution in [0.3, 0.4) is 0 Å². The van der Waals surface area contributed by atoms with Crippen LogP contribution in [-0.4, -0.2) is 19.1 Å². The molecule has 0 fully saturated rings. The number of hydrogen-bond acceptors (Lipinski definition) is 3. The highest BCUT2D eigenvalue weighted by atomic mass is 32.2. The Kier molecular flexibility index (Phi) is 5.74. The van der Waals surface area contributed by atoms with Crippen LogP contribution in [0.25, 0.3) is 0 Å². The molecule has 0 aliphatic heterocycles. The molecule has 4 nitrogen and oxygen atoms in total. The largest absolute Gasteiger partial charge is 0.392 e. The van der Waals surface area contributed by atoms with Gasteiger partial charge in [-0.25, -0.2) is 13.1 Å². The van der Waals surface area contributed by atoms with Crippen molar-refractivity contribution in [3.05, 3.63) is 29.3 Å². The Labute approximate surface area is 122 Å². The number of sulfonamides is 1. The summed E-state index contributed by atoms with van der Waals surface area (Å²) in [5.74, 6) is 0. The molecule has 5 heteroatoms. The van der Waals surface area contributed by atoms with E-state index in [1.54, 1.807) is 18.2 Å². The molecule has 1 aromatic rings. The van der Waals surface area contributed by atoms with Crippen LogP contribution in [0.4, 0.5) is 0 Å². The summed E-state index contributed by atoms with van der Waals surface area (Å²) in [6, 6.07) is 4.86. The Hall–Kier alpha value is -0.910. The van der Waals surface area contributed by atoms with Gasteiger partial charge in [0.2, 0.25) is 10.0 Å². The second-order valence-electron chi connectivity index (χ2n) is 5.19. The van der Waals surface area contributed by atoms with Crippen molar-refractivity contribution >= 4 is 10.0 Å². The zero-order chi connectivity index (χ0) is 15.4. The first kappa shape index (κ1) is 17.1. The Morgan fingerprint density at radius 2 is 1.70 bits per heavy atom. The standard InChI is InChI=1S/C15H25NO3S/c1-5-15(6-2,7-3)16-20(18,19)14-9-8-12(4)13(10-14)11-17/h8-10,16-17H,5-7,11H2,1-4H3. The second-order valence-corrected chi connectivity index (χ2v) is 6.88. The lowest BCUT2D eigenvalue weighted by Gasteiger charge is -2.31. The van der Waals surface area contributed by atoms with Crippen LogP contribution in [0, 0.1) is 6.92 Å². The molecule has 0 atom stereocenters. The molecule has 1 rings (SSSR count). The number of nitrogens with one attached hydrogen (secondary N) is 1. The normalized spacial score (nSPS) is 12.7. The Bertz CT molecular complexity index is 540. The number of rotatable bonds is 7. The van der Waals surface area contributed by atoms with Crippen LogP contribution < -0.4 is 4.72 Å². The molecule has 0 radical (unpaired) electrons. The lowest BCUT2D eigenvalue weighted by molar-refractivity contribution is 0.280. The van der Waals surface area contributed by atoms with Crippen LogP contribution in [0.15, 0.2) is 23.1 Å². The molecule has 0 aromatic heterocycles. The van der Waals surface area contributed by atoms with E-state index in [0.717, 1.165) is 24.8 Å². The smallest absolute Gasteiger partial charge is 0.241 e. The molecule has 0 saturated heterocycles. The number of benzene rings is 1. The molecule has 1 aromatic carbocycles. The molecule has 114 valence electrons. The van der Waals surface area contributed by atoms with Gasteiger partial charge in [-0.2, -0.15) is 0 Å². The van der Waals surface area contributed by atoms with Crippen molar-refractivity contribution < 1.29 is 13.5 Å². The maximum atomic E-state index is 12.5. The van der Waals surface area contributed by atoms with Gasteiger partial charge in [-0.1, -0.05) is 26.8 Å². The molecule has 0 heterocycles. The highest BCUT2D eigenvalue weighted by molar-refractivity contribution is 7.89. The molecule has 2 N–H and O–H groups in total. The van der Waals surface area contributed by atoms with E-state index in [0.29, 0.717) is 5.56 Å². The first-order valence-electron chi connectivity index (χ1n) is 7.08. The quantitative estimate of drug-likeness (QED) is 0.813. The van der Waals surface area contributed by atoms with E-state index in [-0.39, 0.29) is 11.5 Å². The highest BCUT2D eigenvalue weighted by Crippen LogP contribution is 2.24. The molecule has 20 heavy (non-hydrogen) atoms. The summed E-state index contributed by atoms with van der Waals surface area (Å²) < 4.78 is 27.9. The zero-order valence-corrected chi connectivity index (χ0v) is 13.5. The van der Waals surface area contributed by atoms with Crippen molar-refractivity contribution in [2.45, 2.75) is 64.0 Å². The van der Waals surface area contributed by atoms with Gasteiger partial charge in [0.05, 0.1) is 11.5 Å². The lowest BCUT2D eigenvalue weighted by atomic mass is 9.91. The molecular formula is C15H25NO3S. The van der Waals surface area contributed by atoms with Crippen molar-refractivity contribution in [3.8, 4) is 0 Å². The summed E-state index contributed by atoms with van der Waals surface area (Å²) in [6.45, 7) is 7.66. The van der Waals surface area contributed by atoms with Crippen molar-refractivity contribution in [1.29, 1.82) is 0 Å².